The van der Waals surface area contributed by atoms with Crippen LogP contribution in [0.15, 0.2) is 29.2 Å². The highest BCUT2D eigenvalue weighted by Crippen LogP contribution is 2.37. The number of rotatable bonds is 10. The second kappa shape index (κ2) is 11.6. The second-order valence-corrected chi connectivity index (χ2v) is 12.3. The summed E-state index contributed by atoms with van der Waals surface area (Å²) in [4.78, 5) is 29.2. The molecule has 200 valence electrons. The molecule has 11 heteroatoms. The SMILES string of the molecule is CC[C@H](NC(=O)C(C1CCCCC1)N1CCC(NS(=O)(=O)c2cccc(C)c2)(C(C)C)C1=O)B(O)O. The van der Waals surface area contributed by atoms with Gasteiger partial charge in [-0.1, -0.05) is 52.2 Å². The van der Waals surface area contributed by atoms with Gasteiger partial charge in [0.15, 0.2) is 0 Å². The Hall–Kier alpha value is -1.95. The first-order valence-electron chi connectivity index (χ1n) is 13.0. The van der Waals surface area contributed by atoms with E-state index in [4.69, 9.17) is 0 Å². The van der Waals surface area contributed by atoms with Gasteiger partial charge in [0.2, 0.25) is 21.8 Å². The van der Waals surface area contributed by atoms with Crippen LogP contribution in [0.5, 0.6) is 0 Å². The van der Waals surface area contributed by atoms with Crippen LogP contribution in [0, 0.1) is 18.8 Å². The van der Waals surface area contributed by atoms with Crippen molar-refractivity contribution in [1.29, 1.82) is 0 Å². The molecule has 1 aliphatic heterocycles. The lowest BCUT2D eigenvalue weighted by Crippen LogP contribution is -2.61. The Balaban J connectivity index is 1.94. The molecule has 0 aromatic heterocycles. The van der Waals surface area contributed by atoms with Crippen LogP contribution in [0.4, 0.5) is 0 Å². The number of aryl methyl sites for hydroxylation is 1. The normalized spacial score (nSPS) is 23.1. The average molecular weight is 521 g/mol. The molecule has 9 nitrogen and oxygen atoms in total. The van der Waals surface area contributed by atoms with E-state index in [9.17, 15) is 28.1 Å². The van der Waals surface area contributed by atoms with Crippen LogP contribution in [0.3, 0.4) is 0 Å². The molecular formula is C25H40BN3O6S. The number of nitrogens with one attached hydrogen (secondary N) is 2. The molecule has 1 saturated carbocycles. The van der Waals surface area contributed by atoms with Crippen LogP contribution in [0.25, 0.3) is 0 Å². The minimum Gasteiger partial charge on any atom is -0.426 e. The summed E-state index contributed by atoms with van der Waals surface area (Å²) in [6.45, 7) is 7.40. The molecule has 36 heavy (non-hydrogen) atoms. The molecule has 3 atom stereocenters. The highest BCUT2D eigenvalue weighted by atomic mass is 32.2. The summed E-state index contributed by atoms with van der Waals surface area (Å²) in [5.74, 6) is -2.11. The number of hydrogen-bond donors (Lipinski definition) is 4. The van der Waals surface area contributed by atoms with E-state index in [1.54, 1.807) is 32.0 Å². The molecule has 2 unspecified atom stereocenters. The minimum absolute atomic E-state index is 0.0765. The molecule has 1 aromatic carbocycles. The third kappa shape index (κ3) is 5.95. The van der Waals surface area contributed by atoms with Crippen molar-refractivity contribution < 1.29 is 28.1 Å². The van der Waals surface area contributed by atoms with E-state index in [2.05, 4.69) is 10.0 Å². The summed E-state index contributed by atoms with van der Waals surface area (Å²) in [5.41, 5.74) is -0.586. The van der Waals surface area contributed by atoms with Crippen LogP contribution in [-0.4, -0.2) is 66.4 Å². The molecule has 0 spiro atoms. The number of carbonyl (C=O) groups is 2. The Labute approximate surface area is 215 Å². The summed E-state index contributed by atoms with van der Waals surface area (Å²) < 4.78 is 29.4. The fourth-order valence-corrected chi connectivity index (χ4v) is 7.19. The molecule has 2 aliphatic rings. The van der Waals surface area contributed by atoms with Gasteiger partial charge in [-0.3, -0.25) is 9.59 Å². The smallest absolute Gasteiger partial charge is 0.426 e. The summed E-state index contributed by atoms with van der Waals surface area (Å²) in [5, 5.41) is 22.1. The van der Waals surface area contributed by atoms with Gasteiger partial charge in [-0.2, -0.15) is 4.72 Å². The van der Waals surface area contributed by atoms with Crippen molar-refractivity contribution in [3.05, 3.63) is 29.8 Å². The fraction of sp³-hybridized carbons (Fsp3) is 0.680. The van der Waals surface area contributed by atoms with Crippen LogP contribution >= 0.6 is 0 Å². The topological polar surface area (TPSA) is 136 Å². The van der Waals surface area contributed by atoms with Crippen molar-refractivity contribution in [2.24, 2.45) is 11.8 Å². The summed E-state index contributed by atoms with van der Waals surface area (Å²) in [6, 6.07) is 5.74. The van der Waals surface area contributed by atoms with E-state index in [1.165, 1.54) is 11.0 Å². The number of hydrogen-bond acceptors (Lipinski definition) is 6. The van der Waals surface area contributed by atoms with Crippen molar-refractivity contribution in [1.82, 2.24) is 14.9 Å². The summed E-state index contributed by atoms with van der Waals surface area (Å²) in [6.07, 6.45) is 5.09. The Morgan fingerprint density at radius 2 is 1.89 bits per heavy atom. The number of likely N-dealkylation sites (tertiary alicyclic amines) is 1. The van der Waals surface area contributed by atoms with Crippen LogP contribution in [0.2, 0.25) is 0 Å². The third-order valence-corrected chi connectivity index (χ3v) is 9.33. The quantitative estimate of drug-likeness (QED) is 0.347. The van der Waals surface area contributed by atoms with Gasteiger partial charge in [-0.15, -0.1) is 0 Å². The van der Waals surface area contributed by atoms with Gasteiger partial charge in [0.1, 0.15) is 11.6 Å². The third-order valence-electron chi connectivity index (χ3n) is 7.82. The molecular weight excluding hydrogens is 481 g/mol. The molecule has 0 radical (unpaired) electrons. The highest BCUT2D eigenvalue weighted by molar-refractivity contribution is 7.89. The summed E-state index contributed by atoms with van der Waals surface area (Å²) in [7, 11) is -5.71. The van der Waals surface area contributed by atoms with Gasteiger partial charge in [0.25, 0.3) is 0 Å². The van der Waals surface area contributed by atoms with Crippen molar-refractivity contribution in [3.63, 3.8) is 0 Å². The van der Waals surface area contributed by atoms with Crippen molar-refractivity contribution in [3.8, 4) is 0 Å². The van der Waals surface area contributed by atoms with E-state index in [0.29, 0.717) is 6.42 Å². The fourth-order valence-electron chi connectivity index (χ4n) is 5.57. The van der Waals surface area contributed by atoms with Gasteiger partial charge in [0.05, 0.1) is 10.8 Å². The highest BCUT2D eigenvalue weighted by Gasteiger charge is 2.55. The van der Waals surface area contributed by atoms with Crippen molar-refractivity contribution >= 4 is 29.0 Å². The van der Waals surface area contributed by atoms with Gasteiger partial charge in [-0.25, -0.2) is 8.42 Å². The predicted molar refractivity (Wildman–Crippen MR) is 138 cm³/mol. The Bertz CT molecular complexity index is 1040. The molecule has 3 rings (SSSR count). The Morgan fingerprint density at radius 1 is 1.22 bits per heavy atom. The van der Waals surface area contributed by atoms with E-state index >= 15 is 0 Å². The van der Waals surface area contributed by atoms with Crippen molar-refractivity contribution in [2.45, 2.75) is 95.1 Å². The van der Waals surface area contributed by atoms with Crippen LogP contribution in [-0.2, 0) is 19.6 Å². The summed E-state index contributed by atoms with van der Waals surface area (Å²) >= 11 is 0. The maximum atomic E-state index is 14.0. The van der Waals surface area contributed by atoms with Gasteiger partial charge in [-0.05, 0) is 62.1 Å². The zero-order chi connectivity index (χ0) is 26.7. The van der Waals surface area contributed by atoms with Gasteiger partial charge < -0.3 is 20.3 Å². The first-order chi connectivity index (χ1) is 16.9. The first kappa shape index (κ1) is 28.6. The largest absolute Gasteiger partial charge is 0.475 e. The molecule has 1 saturated heterocycles. The van der Waals surface area contributed by atoms with E-state index < -0.39 is 46.5 Å². The zero-order valence-electron chi connectivity index (χ0n) is 21.7. The predicted octanol–water partition coefficient (Wildman–Crippen LogP) is 1.76. The maximum absolute atomic E-state index is 14.0. The zero-order valence-corrected chi connectivity index (χ0v) is 22.6. The van der Waals surface area contributed by atoms with Crippen LogP contribution < -0.4 is 10.0 Å². The average Bonchev–Trinajstić information content (AvgIpc) is 3.14. The maximum Gasteiger partial charge on any atom is 0.475 e. The number of amides is 2. The number of nitrogens with zero attached hydrogens (tertiary/aromatic N) is 1. The number of sulfonamides is 1. The molecule has 4 N–H and O–H groups in total. The molecule has 1 aliphatic carbocycles. The lowest BCUT2D eigenvalue weighted by molar-refractivity contribution is -0.144. The first-order valence-corrected chi connectivity index (χ1v) is 14.5. The van der Waals surface area contributed by atoms with Gasteiger partial charge >= 0.3 is 7.12 Å². The lowest BCUT2D eigenvalue weighted by Gasteiger charge is -2.38. The minimum atomic E-state index is -4.00. The van der Waals surface area contributed by atoms with E-state index in [-0.39, 0.29) is 29.7 Å². The Kier molecular flexibility index (Phi) is 9.24. The molecule has 1 aromatic rings. The lowest BCUT2D eigenvalue weighted by atomic mass is 9.77. The molecule has 2 fully saturated rings. The molecule has 2 amide bonds. The van der Waals surface area contributed by atoms with Crippen molar-refractivity contribution in [2.75, 3.05) is 6.54 Å². The molecule has 0 bridgehead atoms. The monoisotopic (exact) mass is 521 g/mol. The number of benzene rings is 1. The Morgan fingerprint density at radius 3 is 2.44 bits per heavy atom. The number of carbonyl (C=O) groups excluding carboxylic acids is 2. The van der Waals surface area contributed by atoms with Crippen LogP contribution in [0.1, 0.15) is 71.3 Å². The van der Waals surface area contributed by atoms with E-state index in [1.807, 2.05) is 13.8 Å². The standard InChI is InChI=1S/C25H40BN3O6S/c1-5-21(26(32)33)27-23(30)22(19-11-7-6-8-12-19)29-15-14-25(17(2)3,24(29)31)28-36(34,35)20-13-9-10-18(4)16-20/h9-10,13,16-17,19,21-22,28,32-33H,5-8,11-12,14-15H2,1-4H3,(H,27,30)/t21-,22?,25?/m0/s1. The molecule has 1 heterocycles. The van der Waals surface area contributed by atoms with E-state index in [0.717, 1.165) is 37.7 Å². The second-order valence-electron chi connectivity index (χ2n) is 10.6. The van der Waals surface area contributed by atoms with Gasteiger partial charge in [0, 0.05) is 6.54 Å².